The molecule has 0 saturated heterocycles. The van der Waals surface area contributed by atoms with Crippen LogP contribution in [0.15, 0.2) is 18.2 Å². The molecule has 1 aromatic carbocycles. The molecule has 1 heterocycles. The van der Waals surface area contributed by atoms with Crippen molar-refractivity contribution in [2.45, 2.75) is 50.5 Å². The molecule has 17 heavy (non-hydrogen) atoms. The zero-order valence-electron chi connectivity index (χ0n) is 10.2. The summed E-state index contributed by atoms with van der Waals surface area (Å²) in [7, 11) is 0. The Morgan fingerprint density at radius 2 is 2.00 bits per heavy atom. The highest BCUT2D eigenvalue weighted by Crippen LogP contribution is 2.35. The fourth-order valence-electron chi connectivity index (χ4n) is 3.11. The molecule has 3 rings (SSSR count). The molecule has 1 N–H and O–H groups in total. The molecule has 1 saturated carbocycles. The SMILES string of the molecule is OC1CCCCCC1c1ccc2c(c1)CCO2. The van der Waals surface area contributed by atoms with Crippen LogP contribution >= 0.6 is 0 Å². The van der Waals surface area contributed by atoms with E-state index in [1.165, 1.54) is 30.4 Å². The minimum Gasteiger partial charge on any atom is -0.493 e. The monoisotopic (exact) mass is 232 g/mol. The summed E-state index contributed by atoms with van der Waals surface area (Å²) < 4.78 is 5.53. The molecular formula is C15H20O2. The first-order chi connectivity index (χ1) is 8.34. The summed E-state index contributed by atoms with van der Waals surface area (Å²) in [5, 5.41) is 10.2. The van der Waals surface area contributed by atoms with Crippen molar-refractivity contribution in [1.29, 1.82) is 0 Å². The van der Waals surface area contributed by atoms with Crippen LogP contribution in [0.5, 0.6) is 5.75 Å². The lowest BCUT2D eigenvalue weighted by atomic mass is 9.88. The van der Waals surface area contributed by atoms with Gasteiger partial charge in [0.15, 0.2) is 0 Å². The summed E-state index contributed by atoms with van der Waals surface area (Å²) in [6.45, 7) is 0.812. The smallest absolute Gasteiger partial charge is 0.122 e. The molecule has 1 aliphatic carbocycles. The van der Waals surface area contributed by atoms with E-state index in [1.54, 1.807) is 0 Å². The Labute approximate surface area is 103 Å². The molecule has 0 bridgehead atoms. The van der Waals surface area contributed by atoms with Gasteiger partial charge in [0.05, 0.1) is 12.7 Å². The third-order valence-corrected chi connectivity index (χ3v) is 4.12. The maximum absolute atomic E-state index is 10.2. The second kappa shape index (κ2) is 4.69. The van der Waals surface area contributed by atoms with Crippen molar-refractivity contribution in [2.75, 3.05) is 6.61 Å². The van der Waals surface area contributed by atoms with Crippen molar-refractivity contribution in [3.8, 4) is 5.75 Å². The zero-order chi connectivity index (χ0) is 11.7. The molecule has 1 aromatic rings. The number of hydrogen-bond donors (Lipinski definition) is 1. The topological polar surface area (TPSA) is 29.5 Å². The van der Waals surface area contributed by atoms with Crippen LogP contribution in [0.25, 0.3) is 0 Å². The minimum atomic E-state index is -0.155. The van der Waals surface area contributed by atoms with E-state index in [9.17, 15) is 5.11 Å². The molecule has 0 aromatic heterocycles. The normalized spacial score (nSPS) is 28.3. The van der Waals surface area contributed by atoms with Crippen molar-refractivity contribution in [3.05, 3.63) is 29.3 Å². The molecule has 2 heteroatoms. The Kier molecular flexibility index (Phi) is 3.06. The van der Waals surface area contributed by atoms with Gasteiger partial charge in [-0.3, -0.25) is 0 Å². The van der Waals surface area contributed by atoms with E-state index in [0.29, 0.717) is 5.92 Å². The van der Waals surface area contributed by atoms with Gasteiger partial charge in [-0.1, -0.05) is 31.4 Å². The first kappa shape index (κ1) is 11.1. The van der Waals surface area contributed by atoms with Crippen LogP contribution in [-0.2, 0) is 6.42 Å². The Hall–Kier alpha value is -1.02. The maximum Gasteiger partial charge on any atom is 0.122 e. The van der Waals surface area contributed by atoms with Gasteiger partial charge in [-0.25, -0.2) is 0 Å². The molecular weight excluding hydrogens is 212 g/mol. The van der Waals surface area contributed by atoms with Gasteiger partial charge in [-0.05, 0) is 30.0 Å². The fourth-order valence-corrected chi connectivity index (χ4v) is 3.11. The molecule has 92 valence electrons. The van der Waals surface area contributed by atoms with Gasteiger partial charge in [0, 0.05) is 12.3 Å². The largest absolute Gasteiger partial charge is 0.493 e. The second-order valence-corrected chi connectivity index (χ2v) is 5.28. The van der Waals surface area contributed by atoms with Crippen LogP contribution in [0.2, 0.25) is 0 Å². The molecule has 2 unspecified atom stereocenters. The average molecular weight is 232 g/mol. The summed E-state index contributed by atoms with van der Waals surface area (Å²) in [5.41, 5.74) is 2.63. The molecule has 0 spiro atoms. The predicted molar refractivity (Wildman–Crippen MR) is 67.5 cm³/mol. The van der Waals surface area contributed by atoms with E-state index in [-0.39, 0.29) is 6.10 Å². The van der Waals surface area contributed by atoms with E-state index in [2.05, 4.69) is 18.2 Å². The third kappa shape index (κ3) is 2.19. The summed E-state index contributed by atoms with van der Waals surface area (Å²) in [6.07, 6.45) is 6.63. The van der Waals surface area contributed by atoms with Crippen molar-refractivity contribution in [3.63, 3.8) is 0 Å². The van der Waals surface area contributed by atoms with Crippen LogP contribution in [-0.4, -0.2) is 17.8 Å². The van der Waals surface area contributed by atoms with E-state index in [0.717, 1.165) is 31.6 Å². The van der Waals surface area contributed by atoms with Gasteiger partial charge >= 0.3 is 0 Å². The Bertz CT molecular complexity index is 400. The number of hydrogen-bond acceptors (Lipinski definition) is 2. The van der Waals surface area contributed by atoms with Crippen molar-refractivity contribution in [1.82, 2.24) is 0 Å². The molecule has 2 nitrogen and oxygen atoms in total. The van der Waals surface area contributed by atoms with Gasteiger partial charge < -0.3 is 9.84 Å². The van der Waals surface area contributed by atoms with E-state index in [4.69, 9.17) is 4.74 Å². The fraction of sp³-hybridized carbons (Fsp3) is 0.600. The number of ether oxygens (including phenoxy) is 1. The van der Waals surface area contributed by atoms with E-state index < -0.39 is 0 Å². The minimum absolute atomic E-state index is 0.155. The van der Waals surface area contributed by atoms with Gasteiger partial charge in [0.1, 0.15) is 5.75 Å². The van der Waals surface area contributed by atoms with E-state index in [1.807, 2.05) is 0 Å². The quantitative estimate of drug-likeness (QED) is 0.754. The molecule has 0 radical (unpaired) electrons. The maximum atomic E-state index is 10.2. The zero-order valence-corrected chi connectivity index (χ0v) is 10.2. The standard InChI is InChI=1S/C15H20O2/c16-14-5-3-1-2-4-13(14)11-6-7-15-12(10-11)8-9-17-15/h6-7,10,13-14,16H,1-5,8-9H2. The van der Waals surface area contributed by atoms with Crippen LogP contribution in [0.4, 0.5) is 0 Å². The van der Waals surface area contributed by atoms with Crippen molar-refractivity contribution >= 4 is 0 Å². The van der Waals surface area contributed by atoms with Crippen LogP contribution < -0.4 is 4.74 Å². The number of fused-ring (bicyclic) bond motifs is 1. The first-order valence-corrected chi connectivity index (χ1v) is 6.78. The summed E-state index contributed by atoms with van der Waals surface area (Å²) >= 11 is 0. The van der Waals surface area contributed by atoms with Crippen LogP contribution in [0, 0.1) is 0 Å². The average Bonchev–Trinajstić information content (AvgIpc) is 2.70. The highest BCUT2D eigenvalue weighted by Gasteiger charge is 2.24. The highest BCUT2D eigenvalue weighted by molar-refractivity contribution is 5.41. The second-order valence-electron chi connectivity index (χ2n) is 5.28. The Balaban J connectivity index is 1.87. The lowest BCUT2D eigenvalue weighted by molar-refractivity contribution is 0.135. The summed E-state index contributed by atoms with van der Waals surface area (Å²) in [4.78, 5) is 0. The lowest BCUT2D eigenvalue weighted by Crippen LogP contribution is -2.16. The van der Waals surface area contributed by atoms with Crippen LogP contribution in [0.3, 0.4) is 0 Å². The van der Waals surface area contributed by atoms with Crippen molar-refractivity contribution in [2.24, 2.45) is 0 Å². The van der Waals surface area contributed by atoms with Gasteiger partial charge in [-0.15, -0.1) is 0 Å². The molecule has 2 atom stereocenters. The molecule has 0 amide bonds. The Morgan fingerprint density at radius 3 is 2.94 bits per heavy atom. The number of aliphatic hydroxyl groups excluding tert-OH is 1. The van der Waals surface area contributed by atoms with Crippen LogP contribution in [0.1, 0.15) is 49.1 Å². The van der Waals surface area contributed by atoms with Gasteiger partial charge in [-0.2, -0.15) is 0 Å². The predicted octanol–water partition coefficient (Wildman–Crippen LogP) is 3.03. The van der Waals surface area contributed by atoms with Gasteiger partial charge in [0.25, 0.3) is 0 Å². The summed E-state index contributed by atoms with van der Waals surface area (Å²) in [5.74, 6) is 1.38. The van der Waals surface area contributed by atoms with Crippen molar-refractivity contribution < 1.29 is 9.84 Å². The molecule has 2 aliphatic rings. The van der Waals surface area contributed by atoms with E-state index >= 15 is 0 Å². The lowest BCUT2D eigenvalue weighted by Gasteiger charge is -2.21. The van der Waals surface area contributed by atoms with Gasteiger partial charge in [0.2, 0.25) is 0 Å². The number of rotatable bonds is 1. The number of aliphatic hydroxyl groups is 1. The third-order valence-electron chi connectivity index (χ3n) is 4.12. The molecule has 1 aliphatic heterocycles. The summed E-state index contributed by atoms with van der Waals surface area (Å²) in [6, 6.07) is 6.47. The first-order valence-electron chi connectivity index (χ1n) is 6.78. The molecule has 1 fully saturated rings. The highest BCUT2D eigenvalue weighted by atomic mass is 16.5. The Morgan fingerprint density at radius 1 is 1.12 bits per heavy atom. The number of benzene rings is 1.